The molecule has 1 aromatic heterocycles. The SMILES string of the molecule is COC(=O)[C@@H]1C(=O)NC(SCc2nnnn2C2CC2)=C(C#N)[C@@H]1c1ccccc1Cl. The van der Waals surface area contributed by atoms with E-state index in [4.69, 9.17) is 16.3 Å². The number of carbonyl (C=O) groups excluding carboxylic acids is 2. The number of hydrogen-bond acceptors (Lipinski definition) is 8. The first-order valence-corrected chi connectivity index (χ1v) is 10.6. The number of methoxy groups -OCH3 is 1. The van der Waals surface area contributed by atoms with E-state index in [0.717, 1.165) is 12.8 Å². The number of esters is 1. The summed E-state index contributed by atoms with van der Waals surface area (Å²) in [6.45, 7) is 0. The molecule has 2 aliphatic rings. The van der Waals surface area contributed by atoms with Crippen molar-refractivity contribution < 1.29 is 14.3 Å². The minimum atomic E-state index is -1.22. The fourth-order valence-electron chi connectivity index (χ4n) is 3.43. The smallest absolute Gasteiger partial charge is 0.319 e. The molecule has 4 rings (SSSR count). The van der Waals surface area contributed by atoms with Crippen LogP contribution < -0.4 is 5.32 Å². The molecule has 0 saturated heterocycles. The fourth-order valence-corrected chi connectivity index (χ4v) is 4.65. The van der Waals surface area contributed by atoms with E-state index in [0.29, 0.717) is 33.2 Å². The van der Waals surface area contributed by atoms with Crippen LogP contribution in [0.3, 0.4) is 0 Å². The molecule has 2 atom stereocenters. The molecule has 1 aliphatic heterocycles. The van der Waals surface area contributed by atoms with Crippen LogP contribution in [0, 0.1) is 17.2 Å². The Bertz CT molecular complexity index is 1070. The number of hydrogen-bond donors (Lipinski definition) is 1. The van der Waals surface area contributed by atoms with Crippen molar-refractivity contribution in [2.45, 2.75) is 30.6 Å². The summed E-state index contributed by atoms with van der Waals surface area (Å²) in [5.74, 6) is -2.33. The lowest BCUT2D eigenvalue weighted by atomic mass is 9.78. The molecule has 2 aromatic rings. The topological polar surface area (TPSA) is 123 Å². The fraction of sp³-hybridized carbons (Fsp3) is 0.368. The molecule has 1 fully saturated rings. The van der Waals surface area contributed by atoms with Gasteiger partial charge < -0.3 is 10.1 Å². The predicted octanol–water partition coefficient (Wildman–Crippen LogP) is 2.33. The van der Waals surface area contributed by atoms with E-state index >= 15 is 0 Å². The lowest BCUT2D eigenvalue weighted by Gasteiger charge is -2.31. The van der Waals surface area contributed by atoms with E-state index in [-0.39, 0.29) is 5.57 Å². The van der Waals surface area contributed by atoms with Crippen LogP contribution in [0.2, 0.25) is 5.02 Å². The van der Waals surface area contributed by atoms with Crippen LogP contribution >= 0.6 is 23.4 Å². The van der Waals surface area contributed by atoms with Gasteiger partial charge >= 0.3 is 5.97 Å². The van der Waals surface area contributed by atoms with Crippen molar-refractivity contribution in [1.29, 1.82) is 5.26 Å². The van der Waals surface area contributed by atoms with Crippen LogP contribution in [0.5, 0.6) is 0 Å². The molecular weight excluding hydrogens is 428 g/mol. The highest BCUT2D eigenvalue weighted by molar-refractivity contribution is 8.02. The number of halogens is 1. The van der Waals surface area contributed by atoms with Gasteiger partial charge in [0.15, 0.2) is 5.82 Å². The van der Waals surface area contributed by atoms with Gasteiger partial charge in [-0.05, 0) is 34.9 Å². The van der Waals surface area contributed by atoms with Crippen molar-refractivity contribution in [2.24, 2.45) is 5.92 Å². The van der Waals surface area contributed by atoms with Crippen molar-refractivity contribution in [3.8, 4) is 6.07 Å². The molecule has 11 heteroatoms. The number of allylic oxidation sites excluding steroid dienone is 1. The van der Waals surface area contributed by atoms with Gasteiger partial charge in [-0.1, -0.05) is 41.6 Å². The highest BCUT2D eigenvalue weighted by Gasteiger charge is 2.45. The Kier molecular flexibility index (Phi) is 5.74. The number of thioether (sulfide) groups is 1. The number of benzene rings is 1. The Balaban J connectivity index is 1.72. The molecule has 0 unspecified atom stereocenters. The van der Waals surface area contributed by atoms with E-state index in [1.54, 1.807) is 28.9 Å². The van der Waals surface area contributed by atoms with E-state index in [9.17, 15) is 14.9 Å². The zero-order valence-electron chi connectivity index (χ0n) is 15.9. The zero-order chi connectivity index (χ0) is 21.3. The maximum Gasteiger partial charge on any atom is 0.319 e. The summed E-state index contributed by atoms with van der Waals surface area (Å²) in [5, 5.41) is 25.1. The maximum absolute atomic E-state index is 12.9. The highest BCUT2D eigenvalue weighted by atomic mass is 35.5. The molecule has 0 bridgehead atoms. The lowest BCUT2D eigenvalue weighted by molar-refractivity contribution is -0.150. The highest BCUT2D eigenvalue weighted by Crippen LogP contribution is 2.43. The Labute approximate surface area is 181 Å². The van der Waals surface area contributed by atoms with Crippen LogP contribution in [0.15, 0.2) is 34.9 Å². The standard InChI is InChI=1S/C19H17ClN6O3S/c1-29-19(28)16-15(11-4-2-3-5-13(11)20)12(8-21)18(22-17(16)27)30-9-14-23-24-25-26(14)10-6-7-10/h2-5,10,15-16H,6-7,9H2,1H3,(H,22,27)/t15-,16-/m0/s1. The largest absolute Gasteiger partial charge is 0.468 e. The first-order chi connectivity index (χ1) is 14.5. The van der Waals surface area contributed by atoms with Crippen molar-refractivity contribution in [3.63, 3.8) is 0 Å². The molecule has 154 valence electrons. The third kappa shape index (κ3) is 3.78. The van der Waals surface area contributed by atoms with Crippen LogP contribution in [0.25, 0.3) is 0 Å². The van der Waals surface area contributed by atoms with Gasteiger partial charge in [-0.15, -0.1) is 5.10 Å². The molecule has 1 aromatic carbocycles. The number of nitrogens with one attached hydrogen (secondary N) is 1. The Morgan fingerprint density at radius 3 is 2.87 bits per heavy atom. The third-order valence-corrected chi connectivity index (χ3v) is 6.38. The Morgan fingerprint density at radius 2 is 2.20 bits per heavy atom. The quantitative estimate of drug-likeness (QED) is 0.532. The van der Waals surface area contributed by atoms with Gasteiger partial charge in [-0.3, -0.25) is 9.59 Å². The summed E-state index contributed by atoms with van der Waals surface area (Å²) in [4.78, 5) is 25.3. The van der Waals surface area contributed by atoms with Crippen molar-refractivity contribution in [2.75, 3.05) is 7.11 Å². The molecule has 1 aliphatic carbocycles. The van der Waals surface area contributed by atoms with Crippen LogP contribution in [-0.2, 0) is 20.1 Å². The minimum Gasteiger partial charge on any atom is -0.468 e. The van der Waals surface area contributed by atoms with E-state index in [2.05, 4.69) is 26.9 Å². The number of nitriles is 1. The summed E-state index contributed by atoms with van der Waals surface area (Å²) >= 11 is 7.60. The second-order valence-electron chi connectivity index (χ2n) is 6.90. The van der Waals surface area contributed by atoms with E-state index < -0.39 is 23.7 Å². The molecule has 1 amide bonds. The van der Waals surface area contributed by atoms with Gasteiger partial charge in [0.25, 0.3) is 0 Å². The van der Waals surface area contributed by atoms with E-state index in [1.165, 1.54) is 18.9 Å². The van der Waals surface area contributed by atoms with E-state index in [1.807, 2.05) is 0 Å². The molecule has 9 nitrogen and oxygen atoms in total. The number of aromatic nitrogens is 4. The molecular formula is C19H17ClN6O3S. The van der Waals surface area contributed by atoms with Gasteiger partial charge in [0, 0.05) is 10.9 Å². The molecule has 30 heavy (non-hydrogen) atoms. The lowest BCUT2D eigenvalue weighted by Crippen LogP contribution is -2.44. The average Bonchev–Trinajstić information content (AvgIpc) is 3.49. The summed E-state index contributed by atoms with van der Waals surface area (Å²) in [7, 11) is 1.21. The normalized spacial score (nSPS) is 21.2. The Morgan fingerprint density at radius 1 is 1.43 bits per heavy atom. The summed E-state index contributed by atoms with van der Waals surface area (Å²) in [6, 6.07) is 9.31. The summed E-state index contributed by atoms with van der Waals surface area (Å²) in [5.41, 5.74) is 0.760. The second-order valence-corrected chi connectivity index (χ2v) is 8.30. The van der Waals surface area contributed by atoms with Crippen molar-refractivity contribution in [1.82, 2.24) is 25.5 Å². The first-order valence-electron chi connectivity index (χ1n) is 9.22. The molecule has 2 heterocycles. The summed E-state index contributed by atoms with van der Waals surface area (Å²) < 4.78 is 6.61. The number of nitrogens with zero attached hydrogens (tertiary/aromatic N) is 5. The van der Waals surface area contributed by atoms with Crippen LogP contribution in [0.4, 0.5) is 0 Å². The molecule has 0 spiro atoms. The monoisotopic (exact) mass is 444 g/mol. The number of ether oxygens (including phenoxy) is 1. The van der Waals surface area contributed by atoms with Gasteiger partial charge in [-0.2, -0.15) is 5.26 Å². The number of rotatable bonds is 6. The first kappa shape index (κ1) is 20.4. The molecule has 0 radical (unpaired) electrons. The number of carbonyl (C=O) groups is 2. The number of amides is 1. The predicted molar refractivity (Wildman–Crippen MR) is 108 cm³/mol. The Hall–Kier alpha value is -2.90. The van der Waals surface area contributed by atoms with Crippen molar-refractivity contribution >= 4 is 35.2 Å². The maximum atomic E-state index is 12.9. The average molecular weight is 445 g/mol. The number of tetrazole rings is 1. The van der Waals surface area contributed by atoms with Gasteiger partial charge in [0.05, 0.1) is 35.6 Å². The summed E-state index contributed by atoms with van der Waals surface area (Å²) in [6.07, 6.45) is 2.06. The molecule has 1 N–H and O–H groups in total. The van der Waals surface area contributed by atoms with Crippen molar-refractivity contribution in [3.05, 3.63) is 51.3 Å². The van der Waals surface area contributed by atoms with Crippen LogP contribution in [0.1, 0.15) is 36.2 Å². The van der Waals surface area contributed by atoms with Gasteiger partial charge in [0.1, 0.15) is 5.92 Å². The van der Waals surface area contributed by atoms with Crippen LogP contribution in [-0.4, -0.2) is 39.2 Å². The van der Waals surface area contributed by atoms with Gasteiger partial charge in [-0.25, -0.2) is 4.68 Å². The molecule has 1 saturated carbocycles. The minimum absolute atomic E-state index is 0.244. The second kappa shape index (κ2) is 8.45. The van der Waals surface area contributed by atoms with Gasteiger partial charge in [0.2, 0.25) is 5.91 Å². The third-order valence-electron chi connectivity index (χ3n) is 5.02. The zero-order valence-corrected chi connectivity index (χ0v) is 17.5.